The fraction of sp³-hybridized carbons (Fsp3) is 0.842. The molecular weight excluding hydrogens is 334 g/mol. The van der Waals surface area contributed by atoms with E-state index in [1.807, 2.05) is 12.6 Å². The number of methoxy groups -OCH3 is 1. The third-order valence-corrected chi connectivity index (χ3v) is 7.23. The van der Waals surface area contributed by atoms with Crippen molar-refractivity contribution in [1.29, 1.82) is 0 Å². The van der Waals surface area contributed by atoms with Crippen LogP contribution < -0.4 is 0 Å². The van der Waals surface area contributed by atoms with Crippen LogP contribution in [0.25, 0.3) is 0 Å². The Balaban J connectivity index is 1.42. The van der Waals surface area contributed by atoms with Crippen LogP contribution in [0.4, 0.5) is 0 Å². The molecule has 5 nitrogen and oxygen atoms in total. The van der Waals surface area contributed by atoms with Gasteiger partial charge in [-0.05, 0) is 38.1 Å². The van der Waals surface area contributed by atoms with Crippen LogP contribution >= 0.6 is 11.3 Å². The molecule has 0 unspecified atom stereocenters. The molecule has 4 rings (SSSR count). The lowest BCUT2D eigenvalue weighted by Crippen LogP contribution is -2.56. The van der Waals surface area contributed by atoms with E-state index in [2.05, 4.69) is 20.2 Å². The minimum absolute atomic E-state index is 0.339. The first-order valence-corrected chi connectivity index (χ1v) is 10.6. The van der Waals surface area contributed by atoms with Crippen molar-refractivity contribution < 1.29 is 9.47 Å². The number of hydrogen-bond acceptors (Lipinski definition) is 6. The smallest absolute Gasteiger partial charge is 0.0795 e. The highest BCUT2D eigenvalue weighted by atomic mass is 32.1. The van der Waals surface area contributed by atoms with E-state index in [-0.39, 0.29) is 0 Å². The van der Waals surface area contributed by atoms with E-state index in [0.717, 1.165) is 51.4 Å². The molecule has 1 aliphatic carbocycles. The first-order chi connectivity index (χ1) is 12.3. The summed E-state index contributed by atoms with van der Waals surface area (Å²) in [6, 6.07) is 0.754. The monoisotopic (exact) mass is 365 g/mol. The molecule has 3 heterocycles. The zero-order valence-electron chi connectivity index (χ0n) is 15.4. The lowest BCUT2D eigenvalue weighted by atomic mass is 9.62. The van der Waals surface area contributed by atoms with Crippen molar-refractivity contribution in [3.05, 3.63) is 16.6 Å². The second kappa shape index (κ2) is 8.01. The standard InChI is InChI=1S/C19H31N3O2S/c1-23-14-19-4-2-18(22-6-8-24-9-7-22)10-16(19)3-5-21(13-19)11-17-12-25-15-20-17/h12,15-16,18H,2-11,13-14H2,1H3/t16-,18-,19+/m1/s1. The molecule has 1 saturated carbocycles. The average Bonchev–Trinajstić information content (AvgIpc) is 3.15. The number of rotatable bonds is 5. The number of hydrogen-bond donors (Lipinski definition) is 0. The lowest BCUT2D eigenvalue weighted by molar-refractivity contribution is -0.0872. The van der Waals surface area contributed by atoms with Crippen LogP contribution in [0.1, 0.15) is 31.4 Å². The van der Waals surface area contributed by atoms with E-state index >= 15 is 0 Å². The average molecular weight is 366 g/mol. The van der Waals surface area contributed by atoms with Crippen molar-refractivity contribution >= 4 is 11.3 Å². The normalized spacial score (nSPS) is 34.8. The molecule has 0 radical (unpaired) electrons. The third-order valence-electron chi connectivity index (χ3n) is 6.59. The molecule has 25 heavy (non-hydrogen) atoms. The molecule has 2 aliphatic heterocycles. The number of morpholine rings is 1. The number of ether oxygens (including phenoxy) is 2. The van der Waals surface area contributed by atoms with E-state index < -0.39 is 0 Å². The third kappa shape index (κ3) is 3.93. The molecule has 3 atom stereocenters. The number of fused-ring (bicyclic) bond motifs is 1. The zero-order chi connectivity index (χ0) is 17.1. The summed E-state index contributed by atoms with van der Waals surface area (Å²) in [4.78, 5) is 9.78. The highest BCUT2D eigenvalue weighted by Gasteiger charge is 2.47. The summed E-state index contributed by atoms with van der Waals surface area (Å²) < 4.78 is 11.3. The topological polar surface area (TPSA) is 37.8 Å². The number of piperidine rings is 1. The molecule has 0 amide bonds. The molecule has 1 aromatic heterocycles. The Hall–Kier alpha value is -0.530. The fourth-order valence-corrected chi connectivity index (χ4v) is 5.88. The first kappa shape index (κ1) is 17.9. The Morgan fingerprint density at radius 1 is 1.32 bits per heavy atom. The Morgan fingerprint density at radius 3 is 2.96 bits per heavy atom. The van der Waals surface area contributed by atoms with Crippen LogP contribution in [0.3, 0.4) is 0 Å². The van der Waals surface area contributed by atoms with Gasteiger partial charge in [0.2, 0.25) is 0 Å². The van der Waals surface area contributed by atoms with Gasteiger partial charge in [-0.3, -0.25) is 9.80 Å². The minimum atomic E-state index is 0.339. The van der Waals surface area contributed by atoms with E-state index in [1.54, 1.807) is 11.3 Å². The van der Waals surface area contributed by atoms with E-state index in [4.69, 9.17) is 9.47 Å². The van der Waals surface area contributed by atoms with Gasteiger partial charge in [0.1, 0.15) is 0 Å². The predicted molar refractivity (Wildman–Crippen MR) is 99.8 cm³/mol. The second-order valence-electron chi connectivity index (χ2n) is 8.05. The number of aromatic nitrogens is 1. The second-order valence-corrected chi connectivity index (χ2v) is 8.77. The molecule has 1 aromatic rings. The van der Waals surface area contributed by atoms with Gasteiger partial charge in [-0.15, -0.1) is 11.3 Å². The van der Waals surface area contributed by atoms with Crippen LogP contribution in [0.5, 0.6) is 0 Å². The Kier molecular flexibility index (Phi) is 5.72. The van der Waals surface area contributed by atoms with Gasteiger partial charge in [0.05, 0.1) is 31.0 Å². The van der Waals surface area contributed by atoms with Crippen molar-refractivity contribution in [3.63, 3.8) is 0 Å². The van der Waals surface area contributed by atoms with Gasteiger partial charge >= 0.3 is 0 Å². The first-order valence-electron chi connectivity index (χ1n) is 9.69. The Labute approximate surface area is 155 Å². The summed E-state index contributed by atoms with van der Waals surface area (Å²) in [6.45, 7) is 8.31. The molecule has 6 heteroatoms. The van der Waals surface area contributed by atoms with Gasteiger partial charge in [-0.2, -0.15) is 0 Å². The summed E-state index contributed by atoms with van der Waals surface area (Å²) in [7, 11) is 1.87. The Bertz CT molecular complexity index is 535. The molecule has 0 spiro atoms. The summed E-state index contributed by atoms with van der Waals surface area (Å²) in [5.41, 5.74) is 3.50. The van der Waals surface area contributed by atoms with E-state index in [9.17, 15) is 0 Å². The van der Waals surface area contributed by atoms with Gasteiger partial charge in [0.15, 0.2) is 0 Å². The molecule has 3 aliphatic rings. The number of likely N-dealkylation sites (tertiary alicyclic amines) is 1. The molecule has 0 aromatic carbocycles. The molecule has 140 valence electrons. The molecule has 0 bridgehead atoms. The number of nitrogens with zero attached hydrogens (tertiary/aromatic N) is 3. The Morgan fingerprint density at radius 2 is 2.20 bits per heavy atom. The van der Waals surface area contributed by atoms with Crippen LogP contribution in [-0.2, 0) is 16.0 Å². The SMILES string of the molecule is COC[C@@]12CC[C@@H](N3CCOCC3)C[C@H]1CCN(Cc1cscn1)C2. The van der Waals surface area contributed by atoms with Crippen LogP contribution in [0.2, 0.25) is 0 Å². The van der Waals surface area contributed by atoms with Crippen molar-refractivity contribution in [2.75, 3.05) is 53.1 Å². The van der Waals surface area contributed by atoms with E-state index in [0.29, 0.717) is 5.41 Å². The van der Waals surface area contributed by atoms with Gasteiger partial charge in [-0.25, -0.2) is 4.98 Å². The minimum Gasteiger partial charge on any atom is -0.384 e. The summed E-state index contributed by atoms with van der Waals surface area (Å²) >= 11 is 1.70. The molecule has 3 fully saturated rings. The van der Waals surface area contributed by atoms with Crippen molar-refractivity contribution in [2.45, 2.75) is 38.3 Å². The lowest BCUT2D eigenvalue weighted by Gasteiger charge is -2.54. The maximum absolute atomic E-state index is 5.73. The van der Waals surface area contributed by atoms with Gasteiger partial charge in [0.25, 0.3) is 0 Å². The van der Waals surface area contributed by atoms with Crippen molar-refractivity contribution in [3.8, 4) is 0 Å². The largest absolute Gasteiger partial charge is 0.384 e. The van der Waals surface area contributed by atoms with E-state index in [1.165, 1.54) is 44.5 Å². The van der Waals surface area contributed by atoms with Gasteiger partial charge in [0, 0.05) is 50.1 Å². The maximum Gasteiger partial charge on any atom is 0.0795 e. The predicted octanol–water partition coefficient (Wildman–Crippen LogP) is 2.48. The van der Waals surface area contributed by atoms with Gasteiger partial charge < -0.3 is 9.47 Å². The summed E-state index contributed by atoms with van der Waals surface area (Å²) in [5, 5.41) is 2.18. The quantitative estimate of drug-likeness (QED) is 0.801. The van der Waals surface area contributed by atoms with Crippen molar-refractivity contribution in [2.24, 2.45) is 11.3 Å². The molecule has 2 saturated heterocycles. The van der Waals surface area contributed by atoms with Crippen LogP contribution in [-0.4, -0.2) is 73.9 Å². The van der Waals surface area contributed by atoms with Crippen LogP contribution in [0.15, 0.2) is 10.9 Å². The summed E-state index contributed by atoms with van der Waals surface area (Å²) in [6.07, 6.45) is 5.24. The zero-order valence-corrected chi connectivity index (χ0v) is 16.2. The number of thiazole rings is 1. The highest BCUT2D eigenvalue weighted by molar-refractivity contribution is 7.07. The molecular formula is C19H31N3O2S. The molecule has 0 N–H and O–H groups in total. The van der Waals surface area contributed by atoms with Gasteiger partial charge in [-0.1, -0.05) is 0 Å². The maximum atomic E-state index is 5.73. The summed E-state index contributed by atoms with van der Waals surface area (Å²) in [5.74, 6) is 0.792. The fourth-order valence-electron chi connectivity index (χ4n) is 5.33. The highest BCUT2D eigenvalue weighted by Crippen LogP contribution is 2.48. The van der Waals surface area contributed by atoms with Crippen LogP contribution in [0, 0.1) is 11.3 Å². The van der Waals surface area contributed by atoms with Crippen molar-refractivity contribution in [1.82, 2.24) is 14.8 Å².